The van der Waals surface area contributed by atoms with E-state index in [2.05, 4.69) is 0 Å². The van der Waals surface area contributed by atoms with E-state index in [4.69, 9.17) is 5.73 Å². The Morgan fingerprint density at radius 2 is 1.82 bits per heavy atom. The van der Waals surface area contributed by atoms with E-state index in [0.717, 1.165) is 0 Å². The van der Waals surface area contributed by atoms with Crippen LogP contribution in [0.4, 0.5) is 11.4 Å². The summed E-state index contributed by atoms with van der Waals surface area (Å²) in [6.07, 6.45) is 3.00. The largest absolute Gasteiger partial charge is 0.368 e. The van der Waals surface area contributed by atoms with E-state index >= 15 is 0 Å². The molecule has 0 spiro atoms. The molecule has 0 aromatic heterocycles. The number of amides is 2. The van der Waals surface area contributed by atoms with Gasteiger partial charge in [0.15, 0.2) is 0 Å². The summed E-state index contributed by atoms with van der Waals surface area (Å²) in [5, 5.41) is 0. The molecule has 153 valence electrons. The zero-order chi connectivity index (χ0) is 20.7. The molecule has 2 N–H and O–H groups in total. The van der Waals surface area contributed by atoms with Crippen LogP contribution in [0.15, 0.2) is 24.3 Å². The third-order valence-electron chi connectivity index (χ3n) is 5.21. The molecule has 0 saturated carbocycles. The maximum Gasteiger partial charge on any atom is 0.305 e. The minimum atomic E-state index is -3.86. The Balaban J connectivity index is 1.88. The summed E-state index contributed by atoms with van der Waals surface area (Å²) in [7, 11) is 1.43. The highest BCUT2D eigenvalue weighted by Crippen LogP contribution is 2.40. The average molecular weight is 409 g/mol. The summed E-state index contributed by atoms with van der Waals surface area (Å²) in [6, 6.07) is 6.66. The molecule has 3 rings (SSSR count). The number of nitrogens with two attached hydrogens (primary N) is 1. The van der Waals surface area contributed by atoms with Gasteiger partial charge in [-0.05, 0) is 57.6 Å². The van der Waals surface area contributed by atoms with Crippen molar-refractivity contribution < 1.29 is 18.0 Å². The predicted octanol–water partition coefficient (Wildman–Crippen LogP) is -0.200. The van der Waals surface area contributed by atoms with Gasteiger partial charge in [0, 0.05) is 19.3 Å². The van der Waals surface area contributed by atoms with E-state index in [-0.39, 0.29) is 25.5 Å². The number of carbonyl (C=O) groups excluding carboxylic acids is 2. The molecule has 2 aliphatic rings. The fraction of sp³-hybridized carbons (Fsp3) is 0.500. The lowest BCUT2D eigenvalue weighted by atomic mass is 9.88. The van der Waals surface area contributed by atoms with Crippen LogP contribution >= 0.6 is 0 Å². The van der Waals surface area contributed by atoms with Gasteiger partial charge < -0.3 is 15.5 Å². The number of hydrogen-bond donors (Lipinski definition) is 1. The Bertz CT molecular complexity index is 870. The van der Waals surface area contributed by atoms with Crippen LogP contribution in [0.1, 0.15) is 12.8 Å². The summed E-state index contributed by atoms with van der Waals surface area (Å²) in [5.74, 6) is -0.741. The van der Waals surface area contributed by atoms with Crippen molar-refractivity contribution >= 4 is 33.4 Å². The normalized spacial score (nSPS) is 24.2. The highest BCUT2D eigenvalue weighted by Gasteiger charge is 2.59. The zero-order valence-electron chi connectivity index (χ0n) is 16.3. The first-order chi connectivity index (χ1) is 13.1. The third-order valence-corrected chi connectivity index (χ3v) is 7.17. The van der Waals surface area contributed by atoms with Crippen molar-refractivity contribution in [2.24, 2.45) is 5.73 Å². The van der Waals surface area contributed by atoms with Crippen molar-refractivity contribution in [3.63, 3.8) is 0 Å². The Kier molecular flexibility index (Phi) is 5.39. The van der Waals surface area contributed by atoms with Crippen molar-refractivity contribution in [3.05, 3.63) is 30.7 Å². The van der Waals surface area contributed by atoms with Crippen LogP contribution in [0.2, 0.25) is 0 Å². The summed E-state index contributed by atoms with van der Waals surface area (Å²) >= 11 is 0. The molecular formula is C18H26N5O4S. The topological polar surface area (TPSA) is 107 Å². The van der Waals surface area contributed by atoms with Gasteiger partial charge in [-0.3, -0.25) is 13.9 Å². The van der Waals surface area contributed by atoms with Crippen LogP contribution in [-0.2, 0) is 19.8 Å². The smallest absolute Gasteiger partial charge is 0.305 e. The van der Waals surface area contributed by atoms with E-state index in [0.29, 0.717) is 24.2 Å². The number of piperidine rings is 1. The van der Waals surface area contributed by atoms with Crippen LogP contribution in [0.3, 0.4) is 0 Å². The van der Waals surface area contributed by atoms with Crippen molar-refractivity contribution in [1.29, 1.82) is 0 Å². The third kappa shape index (κ3) is 3.36. The standard InChI is InChI=1S/C18H26N5O4S/c1-20(2)12-16(24)21(3)14-6-8-15(9-7-14)22-13-18(17(19)25)10-4-5-11-23(18)28(22,26)27/h6-10H,4-5,11-13H2,1-3H3,(H2,19,25)/t18-/m1/s1. The average Bonchev–Trinajstić information content (AvgIpc) is 2.90. The summed E-state index contributed by atoms with van der Waals surface area (Å²) in [6.45, 7) is 0.488. The predicted molar refractivity (Wildman–Crippen MR) is 107 cm³/mol. The minimum absolute atomic E-state index is 0.0422. The van der Waals surface area contributed by atoms with Crippen LogP contribution < -0.4 is 14.9 Å². The molecule has 9 nitrogen and oxygen atoms in total. The number of anilines is 2. The molecule has 2 heterocycles. The molecule has 2 aliphatic heterocycles. The van der Waals surface area contributed by atoms with Gasteiger partial charge in [-0.2, -0.15) is 12.7 Å². The molecular weight excluding hydrogens is 382 g/mol. The lowest BCUT2D eigenvalue weighted by Crippen LogP contribution is -2.59. The van der Waals surface area contributed by atoms with Gasteiger partial charge in [0.1, 0.15) is 5.54 Å². The summed E-state index contributed by atoms with van der Waals surface area (Å²) in [5.41, 5.74) is 5.36. The molecule has 2 saturated heterocycles. The fourth-order valence-corrected chi connectivity index (χ4v) is 5.63. The molecule has 0 bridgehead atoms. The van der Waals surface area contributed by atoms with Crippen molar-refractivity contribution in [2.75, 3.05) is 50.0 Å². The number of hydrogen-bond acceptors (Lipinski definition) is 5. The number of rotatable bonds is 5. The molecule has 1 radical (unpaired) electrons. The maximum atomic E-state index is 13.0. The lowest BCUT2D eigenvalue weighted by molar-refractivity contribution is -0.125. The second kappa shape index (κ2) is 7.34. The quantitative estimate of drug-likeness (QED) is 0.726. The molecule has 1 atom stereocenters. The molecule has 10 heteroatoms. The highest BCUT2D eigenvalue weighted by atomic mass is 32.2. The number of likely N-dealkylation sites (N-methyl/N-ethyl adjacent to an activating group) is 2. The van der Waals surface area contributed by atoms with Crippen LogP contribution in [0.5, 0.6) is 0 Å². The van der Waals surface area contributed by atoms with Crippen LogP contribution in [0, 0.1) is 6.42 Å². The summed E-state index contributed by atoms with van der Waals surface area (Å²) < 4.78 is 28.5. The summed E-state index contributed by atoms with van der Waals surface area (Å²) in [4.78, 5) is 27.6. The molecule has 1 aromatic carbocycles. The second-order valence-corrected chi connectivity index (χ2v) is 9.21. The maximum absolute atomic E-state index is 13.0. The Morgan fingerprint density at radius 1 is 1.18 bits per heavy atom. The van der Waals surface area contributed by atoms with E-state index < -0.39 is 21.7 Å². The molecule has 2 amide bonds. The first-order valence-corrected chi connectivity index (χ1v) is 10.5. The first kappa shape index (κ1) is 20.6. The van der Waals surface area contributed by atoms with Crippen molar-refractivity contribution in [2.45, 2.75) is 18.4 Å². The molecule has 2 fully saturated rings. The van der Waals surface area contributed by atoms with Crippen LogP contribution in [-0.4, -0.2) is 75.8 Å². The van der Waals surface area contributed by atoms with Gasteiger partial charge in [0.2, 0.25) is 11.8 Å². The van der Waals surface area contributed by atoms with Gasteiger partial charge in [0.25, 0.3) is 0 Å². The number of primary amides is 1. The Hall–Kier alpha value is -2.17. The monoisotopic (exact) mass is 408 g/mol. The SMILES string of the molecule is CN(C)CC(=O)N(C)c1ccc(N2C[C@@]3(C(N)=O)[CH]CCCN3S2(=O)=O)cc1. The van der Waals surface area contributed by atoms with Gasteiger partial charge in [-0.15, -0.1) is 0 Å². The van der Waals surface area contributed by atoms with Crippen molar-refractivity contribution in [1.82, 2.24) is 9.21 Å². The van der Waals surface area contributed by atoms with Gasteiger partial charge in [-0.25, -0.2) is 0 Å². The number of carbonyl (C=O) groups is 2. The van der Waals surface area contributed by atoms with Crippen LogP contribution in [0.25, 0.3) is 0 Å². The lowest BCUT2D eigenvalue weighted by Gasteiger charge is -2.35. The zero-order valence-corrected chi connectivity index (χ0v) is 17.1. The molecule has 28 heavy (non-hydrogen) atoms. The molecule has 0 unspecified atom stereocenters. The van der Waals surface area contributed by atoms with E-state index in [9.17, 15) is 18.0 Å². The van der Waals surface area contributed by atoms with Gasteiger partial charge >= 0.3 is 10.2 Å². The van der Waals surface area contributed by atoms with E-state index in [1.54, 1.807) is 42.6 Å². The van der Waals surface area contributed by atoms with Crippen molar-refractivity contribution in [3.8, 4) is 0 Å². The van der Waals surface area contributed by atoms with E-state index in [1.165, 1.54) is 13.5 Å². The van der Waals surface area contributed by atoms with Gasteiger partial charge in [0.05, 0.1) is 18.8 Å². The highest BCUT2D eigenvalue weighted by molar-refractivity contribution is 7.90. The Labute approximate surface area is 165 Å². The fourth-order valence-electron chi connectivity index (χ4n) is 3.65. The second-order valence-electron chi connectivity index (χ2n) is 7.43. The first-order valence-electron chi connectivity index (χ1n) is 9.06. The Morgan fingerprint density at radius 3 is 2.36 bits per heavy atom. The molecule has 0 aliphatic carbocycles. The number of fused-ring (bicyclic) bond motifs is 1. The number of nitrogens with zero attached hydrogens (tertiary/aromatic N) is 4. The van der Waals surface area contributed by atoms with E-state index in [1.807, 2.05) is 14.1 Å². The molecule has 1 aromatic rings. The van der Waals surface area contributed by atoms with Gasteiger partial charge in [-0.1, -0.05) is 0 Å². The minimum Gasteiger partial charge on any atom is -0.368 e. The number of benzene rings is 1.